The second-order valence-corrected chi connectivity index (χ2v) is 6.48. The van der Waals surface area contributed by atoms with Gasteiger partial charge in [-0.05, 0) is 11.6 Å². The second-order valence-electron chi connectivity index (χ2n) is 6.48. The number of carbonyl (C=O) groups is 4. The average molecular weight is 405 g/mol. The Morgan fingerprint density at radius 2 is 1.72 bits per heavy atom. The zero-order valence-electron chi connectivity index (χ0n) is 15.4. The zero-order valence-corrected chi connectivity index (χ0v) is 15.4. The molecule has 0 fully saturated rings. The maximum atomic E-state index is 12.6. The first-order valence-electron chi connectivity index (χ1n) is 8.76. The summed E-state index contributed by atoms with van der Waals surface area (Å²) in [5.41, 5.74) is 12.2. The minimum atomic E-state index is -1.54. The number of para-hydroxylation sites is 1. The van der Waals surface area contributed by atoms with E-state index in [1.54, 1.807) is 6.20 Å². The van der Waals surface area contributed by atoms with Crippen LogP contribution in [0.15, 0.2) is 30.5 Å². The lowest BCUT2D eigenvalue weighted by Crippen LogP contribution is -2.56. The molecule has 0 unspecified atom stereocenters. The van der Waals surface area contributed by atoms with Gasteiger partial charge in [-0.15, -0.1) is 0 Å². The highest BCUT2D eigenvalue weighted by atomic mass is 16.4. The van der Waals surface area contributed by atoms with Crippen LogP contribution in [0.3, 0.4) is 0 Å². The molecule has 0 saturated heterocycles. The lowest BCUT2D eigenvalue weighted by atomic mass is 10.0. The summed E-state index contributed by atoms with van der Waals surface area (Å²) in [7, 11) is 0. The Morgan fingerprint density at radius 3 is 2.34 bits per heavy atom. The topological polar surface area (TPSA) is 201 Å². The number of amides is 3. The predicted octanol–water partition coefficient (Wildman–Crippen LogP) is -2.04. The number of fused-ring (bicyclic) bond motifs is 1. The maximum Gasteiger partial charge on any atom is 0.328 e. The van der Waals surface area contributed by atoms with Crippen molar-refractivity contribution in [3.63, 3.8) is 0 Å². The van der Waals surface area contributed by atoms with E-state index in [0.29, 0.717) is 5.56 Å². The molecule has 0 aliphatic carbocycles. The third kappa shape index (κ3) is 5.77. The molecule has 1 aromatic carbocycles. The normalized spacial score (nSPS) is 14.0. The molecular weight excluding hydrogens is 382 g/mol. The van der Waals surface area contributed by atoms with Gasteiger partial charge < -0.3 is 37.3 Å². The molecule has 0 aliphatic rings. The van der Waals surface area contributed by atoms with E-state index in [0.717, 1.165) is 10.9 Å². The summed E-state index contributed by atoms with van der Waals surface area (Å²) in [5, 5.41) is 23.6. The van der Waals surface area contributed by atoms with E-state index in [9.17, 15) is 19.2 Å². The number of H-pyrrole nitrogens is 1. The zero-order chi connectivity index (χ0) is 21.6. The van der Waals surface area contributed by atoms with E-state index in [4.69, 9.17) is 21.7 Å². The number of rotatable bonds is 10. The number of aromatic nitrogens is 1. The van der Waals surface area contributed by atoms with Gasteiger partial charge in [0.1, 0.15) is 12.1 Å². The molecule has 0 bridgehead atoms. The quantitative estimate of drug-likeness (QED) is 0.236. The van der Waals surface area contributed by atoms with Gasteiger partial charge in [0.25, 0.3) is 0 Å². The Bertz CT molecular complexity index is 911. The molecule has 0 saturated carbocycles. The highest BCUT2D eigenvalue weighted by Crippen LogP contribution is 2.19. The number of aromatic amines is 1. The summed E-state index contributed by atoms with van der Waals surface area (Å²) < 4.78 is 0. The lowest BCUT2D eigenvalue weighted by molar-refractivity contribution is -0.143. The van der Waals surface area contributed by atoms with Gasteiger partial charge in [0, 0.05) is 23.5 Å². The van der Waals surface area contributed by atoms with Crippen molar-refractivity contribution in [2.24, 2.45) is 11.5 Å². The number of aliphatic carboxylic acids is 1. The number of carboxylic acid groups (broad SMARTS) is 1. The van der Waals surface area contributed by atoms with E-state index in [-0.39, 0.29) is 6.42 Å². The number of nitrogens with one attached hydrogen (secondary N) is 3. The molecule has 11 nitrogen and oxygen atoms in total. The fourth-order valence-corrected chi connectivity index (χ4v) is 2.78. The second kappa shape index (κ2) is 9.66. The van der Waals surface area contributed by atoms with Crippen LogP contribution in [0.2, 0.25) is 0 Å². The van der Waals surface area contributed by atoms with Crippen molar-refractivity contribution in [2.75, 3.05) is 6.61 Å². The first kappa shape index (κ1) is 21.9. The van der Waals surface area contributed by atoms with Crippen molar-refractivity contribution < 1.29 is 29.4 Å². The van der Waals surface area contributed by atoms with E-state index in [1.807, 2.05) is 24.3 Å². The number of aliphatic hydroxyl groups excluding tert-OH is 1. The number of carboxylic acids is 1. The maximum absolute atomic E-state index is 12.6. The molecule has 3 atom stereocenters. The van der Waals surface area contributed by atoms with Crippen LogP contribution in [0.4, 0.5) is 0 Å². The van der Waals surface area contributed by atoms with E-state index in [1.165, 1.54) is 0 Å². The molecule has 11 heteroatoms. The Kier molecular flexibility index (Phi) is 7.28. The standard InChI is InChI=1S/C18H23N5O6/c19-11(6-15(20)25)16(26)22-13(17(27)23-14(8-24)18(28)29)5-9-7-21-12-4-2-1-3-10(9)12/h1-4,7,11,13-14,21,24H,5-6,8,19H2,(H2,20,25)(H,22,26)(H,23,27)(H,28,29)/t11-,13-,14-/m0/s1. The molecule has 2 aromatic rings. The smallest absolute Gasteiger partial charge is 0.328 e. The molecule has 0 radical (unpaired) electrons. The van der Waals surface area contributed by atoms with Crippen LogP contribution in [0, 0.1) is 0 Å². The van der Waals surface area contributed by atoms with Crippen molar-refractivity contribution in [3.05, 3.63) is 36.0 Å². The minimum absolute atomic E-state index is 0.0165. The summed E-state index contributed by atoms with van der Waals surface area (Å²) in [6, 6.07) is 3.29. The number of primary amides is 1. The largest absolute Gasteiger partial charge is 0.480 e. The molecule has 1 aromatic heterocycles. The Morgan fingerprint density at radius 1 is 1.07 bits per heavy atom. The fraction of sp³-hybridized carbons (Fsp3) is 0.333. The monoisotopic (exact) mass is 405 g/mol. The third-order valence-electron chi connectivity index (χ3n) is 4.29. The van der Waals surface area contributed by atoms with Crippen LogP contribution < -0.4 is 22.1 Å². The molecule has 156 valence electrons. The minimum Gasteiger partial charge on any atom is -0.480 e. The van der Waals surface area contributed by atoms with Gasteiger partial charge in [0.05, 0.1) is 19.1 Å². The van der Waals surface area contributed by atoms with Gasteiger partial charge in [-0.3, -0.25) is 14.4 Å². The van der Waals surface area contributed by atoms with Gasteiger partial charge in [-0.25, -0.2) is 4.79 Å². The number of benzene rings is 1. The highest BCUT2D eigenvalue weighted by Gasteiger charge is 2.29. The number of nitrogens with two attached hydrogens (primary N) is 2. The van der Waals surface area contributed by atoms with E-state index < -0.39 is 54.8 Å². The van der Waals surface area contributed by atoms with Gasteiger partial charge in [0.2, 0.25) is 17.7 Å². The van der Waals surface area contributed by atoms with Crippen molar-refractivity contribution in [3.8, 4) is 0 Å². The molecule has 0 spiro atoms. The van der Waals surface area contributed by atoms with Crippen LogP contribution in [-0.4, -0.2) is 63.6 Å². The average Bonchev–Trinajstić information content (AvgIpc) is 3.07. The number of hydrogen-bond donors (Lipinski definition) is 7. The van der Waals surface area contributed by atoms with Gasteiger partial charge >= 0.3 is 5.97 Å². The molecule has 1 heterocycles. The summed E-state index contributed by atoms with van der Waals surface area (Å²) >= 11 is 0. The fourth-order valence-electron chi connectivity index (χ4n) is 2.78. The van der Waals surface area contributed by atoms with Crippen LogP contribution in [-0.2, 0) is 25.6 Å². The molecule has 9 N–H and O–H groups in total. The SMILES string of the molecule is NC(=O)C[C@H](N)C(=O)N[C@@H](Cc1c[nH]c2ccccc12)C(=O)N[C@@H](CO)C(=O)O. The van der Waals surface area contributed by atoms with Crippen LogP contribution in [0.1, 0.15) is 12.0 Å². The molecule has 3 amide bonds. The van der Waals surface area contributed by atoms with E-state index in [2.05, 4.69) is 15.6 Å². The van der Waals surface area contributed by atoms with Gasteiger partial charge in [0.15, 0.2) is 0 Å². The van der Waals surface area contributed by atoms with Crippen LogP contribution in [0.5, 0.6) is 0 Å². The van der Waals surface area contributed by atoms with Crippen molar-refractivity contribution in [2.45, 2.75) is 31.0 Å². The molecule has 0 aliphatic heterocycles. The number of carbonyl (C=O) groups excluding carboxylic acids is 3. The van der Waals surface area contributed by atoms with Crippen molar-refractivity contribution in [1.29, 1.82) is 0 Å². The van der Waals surface area contributed by atoms with Crippen molar-refractivity contribution in [1.82, 2.24) is 15.6 Å². The van der Waals surface area contributed by atoms with Crippen molar-refractivity contribution >= 4 is 34.6 Å². The van der Waals surface area contributed by atoms with Crippen LogP contribution >= 0.6 is 0 Å². The summed E-state index contributed by atoms with van der Waals surface area (Å²) in [5.74, 6) is -3.82. The Labute approximate surface area is 165 Å². The summed E-state index contributed by atoms with van der Waals surface area (Å²) in [6.45, 7) is -0.823. The van der Waals surface area contributed by atoms with E-state index >= 15 is 0 Å². The van der Waals surface area contributed by atoms with Gasteiger partial charge in [-0.1, -0.05) is 18.2 Å². The van der Waals surface area contributed by atoms with Gasteiger partial charge in [-0.2, -0.15) is 0 Å². The van der Waals surface area contributed by atoms with Crippen LogP contribution in [0.25, 0.3) is 10.9 Å². The number of aliphatic hydroxyl groups is 1. The molecule has 29 heavy (non-hydrogen) atoms. The first-order valence-corrected chi connectivity index (χ1v) is 8.76. The first-order chi connectivity index (χ1) is 13.7. The molecular formula is C18H23N5O6. The number of hydrogen-bond acceptors (Lipinski definition) is 6. The Hall–Kier alpha value is -3.44. The molecule has 2 rings (SSSR count). The lowest BCUT2D eigenvalue weighted by Gasteiger charge is -2.22. The summed E-state index contributed by atoms with van der Waals surface area (Å²) in [4.78, 5) is 50.0. The highest BCUT2D eigenvalue weighted by molar-refractivity contribution is 5.94. The predicted molar refractivity (Wildman–Crippen MR) is 102 cm³/mol. The third-order valence-corrected chi connectivity index (χ3v) is 4.29. The Balaban J connectivity index is 2.24. The summed E-state index contributed by atoms with van der Waals surface area (Å²) in [6.07, 6.45) is 1.27.